The topological polar surface area (TPSA) is 43.8 Å². The van der Waals surface area contributed by atoms with Crippen LogP contribution in [0.15, 0.2) is 24.3 Å². The van der Waals surface area contributed by atoms with Crippen LogP contribution in [-0.4, -0.2) is 15.6 Å². The van der Waals surface area contributed by atoms with E-state index < -0.39 is 0 Å². The molecule has 98 valence electrons. The van der Waals surface area contributed by atoms with Crippen molar-refractivity contribution in [2.24, 2.45) is 18.7 Å². The maximum atomic E-state index is 6.22. The summed E-state index contributed by atoms with van der Waals surface area (Å²) in [5.74, 6) is 1.78. The summed E-state index contributed by atoms with van der Waals surface area (Å²) in [5.41, 5.74) is 8.46. The molecule has 0 fully saturated rings. The minimum atomic E-state index is 0.204. The fourth-order valence-electron chi connectivity index (χ4n) is 2.38. The number of hydrogen-bond acceptors (Lipinski definition) is 2. The first kappa shape index (κ1) is 13.1. The first-order chi connectivity index (χ1) is 8.61. The maximum absolute atomic E-state index is 6.22. The van der Waals surface area contributed by atoms with E-state index in [1.165, 1.54) is 11.9 Å². The van der Waals surface area contributed by atoms with Gasteiger partial charge in [0, 0.05) is 19.5 Å². The summed E-state index contributed by atoms with van der Waals surface area (Å²) in [4.78, 5) is 4.67. The number of imidazole rings is 1. The van der Waals surface area contributed by atoms with Crippen LogP contribution in [0.4, 0.5) is 0 Å². The molecule has 0 saturated heterocycles. The molecule has 3 heteroatoms. The molecule has 3 nitrogen and oxygen atoms in total. The number of aryl methyl sites for hydroxylation is 1. The number of benzene rings is 1. The number of aromatic nitrogens is 2. The van der Waals surface area contributed by atoms with E-state index >= 15 is 0 Å². The van der Waals surface area contributed by atoms with E-state index in [4.69, 9.17) is 5.73 Å². The van der Waals surface area contributed by atoms with Crippen LogP contribution in [0.2, 0.25) is 0 Å². The number of fused-ring (bicyclic) bond motifs is 1. The molecule has 2 aromatic rings. The van der Waals surface area contributed by atoms with Crippen LogP contribution in [-0.2, 0) is 13.5 Å². The van der Waals surface area contributed by atoms with E-state index in [1.54, 1.807) is 0 Å². The van der Waals surface area contributed by atoms with Gasteiger partial charge in [-0.3, -0.25) is 0 Å². The SMILES string of the molecule is CCC(C)CC(N)Cc1nc2ccccc2n1C. The summed E-state index contributed by atoms with van der Waals surface area (Å²) >= 11 is 0. The van der Waals surface area contributed by atoms with Gasteiger partial charge in [-0.1, -0.05) is 32.4 Å². The third kappa shape index (κ3) is 2.72. The molecule has 0 spiro atoms. The predicted octanol–water partition coefficient (Wildman–Crippen LogP) is 2.88. The molecule has 1 aromatic carbocycles. The molecule has 18 heavy (non-hydrogen) atoms. The molecule has 1 aromatic heterocycles. The van der Waals surface area contributed by atoms with Gasteiger partial charge in [0.25, 0.3) is 0 Å². The quantitative estimate of drug-likeness (QED) is 0.880. The minimum Gasteiger partial charge on any atom is -0.331 e. The predicted molar refractivity (Wildman–Crippen MR) is 76.5 cm³/mol. The van der Waals surface area contributed by atoms with Crippen molar-refractivity contribution in [3.63, 3.8) is 0 Å². The first-order valence-corrected chi connectivity index (χ1v) is 6.77. The molecule has 0 amide bonds. The second kappa shape index (κ2) is 5.53. The number of para-hydroxylation sites is 2. The summed E-state index contributed by atoms with van der Waals surface area (Å²) in [6.45, 7) is 4.47. The van der Waals surface area contributed by atoms with Crippen molar-refractivity contribution in [2.75, 3.05) is 0 Å². The molecule has 0 aliphatic rings. The standard InChI is InChI=1S/C15H23N3/c1-4-11(2)9-12(16)10-15-17-13-7-5-6-8-14(13)18(15)3/h5-8,11-12H,4,9-10,16H2,1-3H3. The summed E-state index contributed by atoms with van der Waals surface area (Å²) in [7, 11) is 2.07. The number of hydrogen-bond donors (Lipinski definition) is 1. The fraction of sp³-hybridized carbons (Fsp3) is 0.533. The number of nitrogens with two attached hydrogens (primary N) is 1. The summed E-state index contributed by atoms with van der Waals surface area (Å²) in [5, 5.41) is 0. The van der Waals surface area contributed by atoms with Gasteiger partial charge in [-0.2, -0.15) is 0 Å². The highest BCUT2D eigenvalue weighted by molar-refractivity contribution is 5.75. The zero-order valence-corrected chi connectivity index (χ0v) is 11.6. The van der Waals surface area contributed by atoms with Crippen LogP contribution in [0.3, 0.4) is 0 Å². The lowest BCUT2D eigenvalue weighted by Crippen LogP contribution is -2.26. The van der Waals surface area contributed by atoms with Crippen molar-refractivity contribution in [1.29, 1.82) is 0 Å². The van der Waals surface area contributed by atoms with Crippen molar-refractivity contribution in [3.8, 4) is 0 Å². The van der Waals surface area contributed by atoms with E-state index in [-0.39, 0.29) is 6.04 Å². The van der Waals surface area contributed by atoms with Crippen LogP contribution >= 0.6 is 0 Å². The van der Waals surface area contributed by atoms with Gasteiger partial charge in [0.05, 0.1) is 11.0 Å². The monoisotopic (exact) mass is 245 g/mol. The van der Waals surface area contributed by atoms with Crippen LogP contribution in [0, 0.1) is 5.92 Å². The highest BCUT2D eigenvalue weighted by atomic mass is 15.1. The molecule has 2 atom stereocenters. The van der Waals surface area contributed by atoms with Gasteiger partial charge in [0.2, 0.25) is 0 Å². The van der Waals surface area contributed by atoms with Crippen LogP contribution in [0.5, 0.6) is 0 Å². The Morgan fingerprint density at radius 2 is 2.06 bits per heavy atom. The summed E-state index contributed by atoms with van der Waals surface area (Å²) in [6, 6.07) is 8.44. The summed E-state index contributed by atoms with van der Waals surface area (Å²) < 4.78 is 2.16. The Morgan fingerprint density at radius 3 is 2.72 bits per heavy atom. The Balaban J connectivity index is 2.14. The van der Waals surface area contributed by atoms with E-state index in [0.29, 0.717) is 5.92 Å². The zero-order valence-electron chi connectivity index (χ0n) is 11.6. The van der Waals surface area contributed by atoms with Crippen molar-refractivity contribution in [1.82, 2.24) is 9.55 Å². The smallest absolute Gasteiger partial charge is 0.111 e. The maximum Gasteiger partial charge on any atom is 0.111 e. The van der Waals surface area contributed by atoms with E-state index in [9.17, 15) is 0 Å². The van der Waals surface area contributed by atoms with Gasteiger partial charge < -0.3 is 10.3 Å². The van der Waals surface area contributed by atoms with Gasteiger partial charge in [-0.05, 0) is 24.5 Å². The number of rotatable bonds is 5. The molecule has 2 rings (SSSR count). The molecule has 0 radical (unpaired) electrons. The zero-order chi connectivity index (χ0) is 13.1. The second-order valence-electron chi connectivity index (χ2n) is 5.29. The van der Waals surface area contributed by atoms with Gasteiger partial charge in [0.15, 0.2) is 0 Å². The summed E-state index contributed by atoms with van der Waals surface area (Å²) in [6.07, 6.45) is 3.12. The van der Waals surface area contributed by atoms with Gasteiger partial charge in [-0.25, -0.2) is 4.98 Å². The molecule has 1 heterocycles. The van der Waals surface area contributed by atoms with E-state index in [0.717, 1.165) is 24.2 Å². The lowest BCUT2D eigenvalue weighted by atomic mass is 9.98. The molecule has 0 aliphatic heterocycles. The molecule has 2 N–H and O–H groups in total. The Morgan fingerprint density at radius 1 is 1.33 bits per heavy atom. The van der Waals surface area contributed by atoms with Crippen LogP contribution < -0.4 is 5.73 Å². The molecule has 0 saturated carbocycles. The molecular formula is C15H23N3. The lowest BCUT2D eigenvalue weighted by Gasteiger charge is -2.15. The average Bonchev–Trinajstić information content (AvgIpc) is 2.66. The first-order valence-electron chi connectivity index (χ1n) is 6.77. The second-order valence-corrected chi connectivity index (χ2v) is 5.29. The number of nitrogens with zero attached hydrogens (tertiary/aromatic N) is 2. The van der Waals surface area contributed by atoms with Crippen molar-refractivity contribution in [3.05, 3.63) is 30.1 Å². The fourth-order valence-corrected chi connectivity index (χ4v) is 2.38. The molecular weight excluding hydrogens is 222 g/mol. The normalized spacial score (nSPS) is 14.9. The van der Waals surface area contributed by atoms with Crippen molar-refractivity contribution in [2.45, 2.75) is 39.2 Å². The molecule has 0 aliphatic carbocycles. The van der Waals surface area contributed by atoms with Gasteiger partial charge in [0.1, 0.15) is 5.82 Å². The van der Waals surface area contributed by atoms with Crippen LogP contribution in [0.1, 0.15) is 32.5 Å². The van der Waals surface area contributed by atoms with Crippen molar-refractivity contribution >= 4 is 11.0 Å². The lowest BCUT2D eigenvalue weighted by molar-refractivity contribution is 0.444. The van der Waals surface area contributed by atoms with Gasteiger partial charge in [-0.15, -0.1) is 0 Å². The van der Waals surface area contributed by atoms with Crippen LogP contribution in [0.25, 0.3) is 11.0 Å². The Kier molecular flexibility index (Phi) is 4.02. The van der Waals surface area contributed by atoms with E-state index in [1.807, 2.05) is 12.1 Å². The Hall–Kier alpha value is -1.35. The largest absolute Gasteiger partial charge is 0.331 e. The minimum absolute atomic E-state index is 0.204. The highest BCUT2D eigenvalue weighted by Crippen LogP contribution is 2.17. The Bertz CT molecular complexity index is 515. The highest BCUT2D eigenvalue weighted by Gasteiger charge is 2.13. The Labute approximate surface area is 109 Å². The average molecular weight is 245 g/mol. The van der Waals surface area contributed by atoms with Gasteiger partial charge >= 0.3 is 0 Å². The third-order valence-corrected chi connectivity index (χ3v) is 3.73. The molecule has 0 bridgehead atoms. The van der Waals surface area contributed by atoms with E-state index in [2.05, 4.69) is 42.6 Å². The molecule has 2 unspecified atom stereocenters. The third-order valence-electron chi connectivity index (χ3n) is 3.73. The van der Waals surface area contributed by atoms with Crippen molar-refractivity contribution < 1.29 is 0 Å².